The molecule has 3 aromatic rings. The van der Waals surface area contributed by atoms with Crippen LogP contribution >= 0.6 is 11.3 Å². The number of nitrogens with zero attached hydrogens (tertiary/aromatic N) is 1. The fraction of sp³-hybridized carbons (Fsp3) is 0.278. The van der Waals surface area contributed by atoms with Crippen LogP contribution in [-0.4, -0.2) is 30.0 Å². The van der Waals surface area contributed by atoms with E-state index in [1.165, 1.54) is 4.70 Å². The van der Waals surface area contributed by atoms with Crippen molar-refractivity contribution in [1.29, 1.82) is 0 Å². The highest BCUT2D eigenvalue weighted by Gasteiger charge is 2.16. The summed E-state index contributed by atoms with van der Waals surface area (Å²) in [5.41, 5.74) is 1.88. The number of thiazole rings is 1. The summed E-state index contributed by atoms with van der Waals surface area (Å²) in [5, 5.41) is 14.7. The van der Waals surface area contributed by atoms with Crippen LogP contribution in [-0.2, 0) is 6.42 Å². The van der Waals surface area contributed by atoms with Crippen molar-refractivity contribution in [3.05, 3.63) is 53.0 Å². The van der Waals surface area contributed by atoms with Crippen LogP contribution < -0.4 is 14.8 Å². The molecule has 0 amide bonds. The molecule has 0 saturated heterocycles. The van der Waals surface area contributed by atoms with E-state index in [1.807, 2.05) is 36.4 Å². The number of aromatic nitrogens is 1. The molecule has 0 saturated carbocycles. The maximum atomic E-state index is 10.3. The number of aliphatic hydroxyl groups is 1. The summed E-state index contributed by atoms with van der Waals surface area (Å²) in [6, 6.07) is 13.7. The second-order valence-corrected chi connectivity index (χ2v) is 6.77. The molecule has 1 aliphatic heterocycles. The second-order valence-electron chi connectivity index (χ2n) is 5.66. The molecule has 2 N–H and O–H groups in total. The van der Waals surface area contributed by atoms with Gasteiger partial charge in [0.2, 0.25) is 6.79 Å². The average Bonchev–Trinajstić information content (AvgIpc) is 3.23. The van der Waals surface area contributed by atoms with Crippen molar-refractivity contribution in [2.24, 2.45) is 0 Å². The van der Waals surface area contributed by atoms with Gasteiger partial charge in [0.1, 0.15) is 0 Å². The molecule has 6 heteroatoms. The molecule has 1 unspecified atom stereocenters. The van der Waals surface area contributed by atoms with Crippen molar-refractivity contribution in [3.8, 4) is 11.5 Å². The van der Waals surface area contributed by atoms with E-state index in [-0.39, 0.29) is 6.79 Å². The van der Waals surface area contributed by atoms with Crippen molar-refractivity contribution >= 4 is 21.6 Å². The first-order valence-electron chi connectivity index (χ1n) is 7.92. The molecular weight excluding hydrogens is 324 g/mol. The molecule has 0 fully saturated rings. The van der Waals surface area contributed by atoms with E-state index in [0.717, 1.165) is 34.8 Å². The van der Waals surface area contributed by atoms with Crippen molar-refractivity contribution in [2.75, 3.05) is 19.9 Å². The number of ether oxygens (including phenoxy) is 2. The molecule has 2 aromatic carbocycles. The summed E-state index contributed by atoms with van der Waals surface area (Å²) in [7, 11) is 0. The Bertz CT molecular complexity index is 816. The van der Waals surface area contributed by atoms with E-state index in [4.69, 9.17) is 9.47 Å². The Morgan fingerprint density at radius 3 is 2.96 bits per heavy atom. The molecule has 1 atom stereocenters. The lowest BCUT2D eigenvalue weighted by molar-refractivity contribution is 0.170. The van der Waals surface area contributed by atoms with Crippen LogP contribution in [0.2, 0.25) is 0 Å². The Kier molecular flexibility index (Phi) is 4.34. The highest BCUT2D eigenvalue weighted by Crippen LogP contribution is 2.34. The number of hydrogen-bond donors (Lipinski definition) is 2. The Balaban J connectivity index is 1.29. The minimum Gasteiger partial charge on any atom is -0.454 e. The molecule has 1 aliphatic rings. The van der Waals surface area contributed by atoms with Gasteiger partial charge in [-0.05, 0) is 29.8 Å². The quantitative estimate of drug-likeness (QED) is 0.675. The van der Waals surface area contributed by atoms with Gasteiger partial charge in [-0.2, -0.15) is 0 Å². The standard InChI is InChI=1S/C18H18N2O3S/c21-14(12-5-6-15-16(9-12)23-11-22-15)10-19-8-7-18-20-13-3-1-2-4-17(13)24-18/h1-6,9,14,19,21H,7-8,10-11H2. The topological polar surface area (TPSA) is 63.6 Å². The smallest absolute Gasteiger partial charge is 0.231 e. The van der Waals surface area contributed by atoms with E-state index < -0.39 is 6.10 Å². The van der Waals surface area contributed by atoms with Crippen LogP contribution in [0.25, 0.3) is 10.2 Å². The fourth-order valence-corrected chi connectivity index (χ4v) is 3.67. The monoisotopic (exact) mass is 342 g/mol. The minimum atomic E-state index is -0.574. The van der Waals surface area contributed by atoms with E-state index in [9.17, 15) is 5.11 Å². The third-order valence-electron chi connectivity index (χ3n) is 3.97. The first-order chi connectivity index (χ1) is 11.8. The SMILES string of the molecule is OC(CNCCc1nc2ccccc2s1)c1ccc2c(c1)OCO2. The number of hydrogen-bond acceptors (Lipinski definition) is 6. The Morgan fingerprint density at radius 1 is 1.17 bits per heavy atom. The van der Waals surface area contributed by atoms with Crippen molar-refractivity contribution < 1.29 is 14.6 Å². The Hall–Kier alpha value is -2.15. The summed E-state index contributed by atoms with van der Waals surface area (Å²) >= 11 is 1.72. The third kappa shape index (κ3) is 3.21. The molecule has 1 aromatic heterocycles. The molecule has 4 rings (SSSR count). The summed E-state index contributed by atoms with van der Waals surface area (Å²) in [4.78, 5) is 4.61. The third-order valence-corrected chi connectivity index (χ3v) is 5.07. The number of benzene rings is 2. The molecule has 0 spiro atoms. The summed E-state index contributed by atoms with van der Waals surface area (Å²) < 4.78 is 11.8. The lowest BCUT2D eigenvalue weighted by Gasteiger charge is -2.12. The molecule has 0 aliphatic carbocycles. The molecule has 124 valence electrons. The molecular formula is C18H18N2O3S. The maximum Gasteiger partial charge on any atom is 0.231 e. The summed E-state index contributed by atoms with van der Waals surface area (Å²) in [6.07, 6.45) is 0.280. The van der Waals surface area contributed by atoms with Crippen LogP contribution in [0.15, 0.2) is 42.5 Å². The zero-order chi connectivity index (χ0) is 16.4. The van der Waals surface area contributed by atoms with E-state index in [2.05, 4.69) is 16.4 Å². The van der Waals surface area contributed by atoms with Gasteiger partial charge in [0.15, 0.2) is 11.5 Å². The molecule has 2 heterocycles. The van der Waals surface area contributed by atoms with Gasteiger partial charge >= 0.3 is 0 Å². The summed E-state index contributed by atoms with van der Waals surface area (Å²) in [5.74, 6) is 1.43. The number of rotatable bonds is 6. The lowest BCUT2D eigenvalue weighted by Crippen LogP contribution is -2.23. The van der Waals surface area contributed by atoms with Gasteiger partial charge in [-0.15, -0.1) is 11.3 Å². The number of nitrogens with one attached hydrogen (secondary N) is 1. The van der Waals surface area contributed by atoms with Crippen LogP contribution in [0.5, 0.6) is 11.5 Å². The average molecular weight is 342 g/mol. The first-order valence-corrected chi connectivity index (χ1v) is 8.74. The maximum absolute atomic E-state index is 10.3. The van der Waals surface area contributed by atoms with Gasteiger partial charge in [0.05, 0.1) is 21.3 Å². The fourth-order valence-electron chi connectivity index (χ4n) is 2.70. The van der Waals surface area contributed by atoms with Gasteiger partial charge in [0.25, 0.3) is 0 Å². The molecule has 24 heavy (non-hydrogen) atoms. The van der Waals surface area contributed by atoms with Crippen LogP contribution in [0, 0.1) is 0 Å². The number of fused-ring (bicyclic) bond motifs is 2. The Labute approximate surface area is 143 Å². The zero-order valence-corrected chi connectivity index (χ0v) is 13.9. The first kappa shape index (κ1) is 15.4. The largest absolute Gasteiger partial charge is 0.454 e. The number of aliphatic hydroxyl groups excluding tert-OH is 1. The number of para-hydroxylation sites is 1. The predicted molar refractivity (Wildman–Crippen MR) is 93.7 cm³/mol. The van der Waals surface area contributed by atoms with E-state index in [0.29, 0.717) is 12.3 Å². The van der Waals surface area contributed by atoms with E-state index >= 15 is 0 Å². The molecule has 0 radical (unpaired) electrons. The van der Waals surface area contributed by atoms with Crippen LogP contribution in [0.4, 0.5) is 0 Å². The van der Waals surface area contributed by atoms with E-state index in [1.54, 1.807) is 11.3 Å². The van der Waals surface area contributed by atoms with Gasteiger partial charge in [-0.3, -0.25) is 0 Å². The van der Waals surface area contributed by atoms with Crippen LogP contribution in [0.3, 0.4) is 0 Å². The minimum absolute atomic E-state index is 0.245. The lowest BCUT2D eigenvalue weighted by atomic mass is 10.1. The van der Waals surface area contributed by atoms with Gasteiger partial charge in [-0.1, -0.05) is 18.2 Å². The molecule has 0 bridgehead atoms. The summed E-state index contributed by atoms with van der Waals surface area (Å²) in [6.45, 7) is 1.52. The van der Waals surface area contributed by atoms with Crippen molar-refractivity contribution in [1.82, 2.24) is 10.3 Å². The second kappa shape index (κ2) is 6.76. The normalized spacial score (nSPS) is 14.2. The van der Waals surface area contributed by atoms with Crippen molar-refractivity contribution in [2.45, 2.75) is 12.5 Å². The van der Waals surface area contributed by atoms with Crippen LogP contribution in [0.1, 0.15) is 16.7 Å². The Morgan fingerprint density at radius 2 is 2.04 bits per heavy atom. The zero-order valence-electron chi connectivity index (χ0n) is 13.1. The van der Waals surface area contributed by atoms with Crippen molar-refractivity contribution in [3.63, 3.8) is 0 Å². The highest BCUT2D eigenvalue weighted by atomic mass is 32.1. The highest BCUT2D eigenvalue weighted by molar-refractivity contribution is 7.18. The predicted octanol–water partition coefficient (Wildman–Crippen LogP) is 2.89. The van der Waals surface area contributed by atoms with Gasteiger partial charge in [-0.25, -0.2) is 4.98 Å². The van der Waals surface area contributed by atoms with Gasteiger partial charge in [0, 0.05) is 19.5 Å². The molecule has 5 nitrogen and oxygen atoms in total. The van der Waals surface area contributed by atoms with Gasteiger partial charge < -0.3 is 19.9 Å².